The zero-order chi connectivity index (χ0) is 11.1. The summed E-state index contributed by atoms with van der Waals surface area (Å²) in [5, 5.41) is 0. The molecule has 16 heavy (non-hydrogen) atoms. The fraction of sp³-hybridized carbons (Fsp3) is 0.364. The minimum atomic E-state index is -0.594. The van der Waals surface area contributed by atoms with Crippen LogP contribution in [0.15, 0.2) is 12.1 Å². The number of hydrogen-bond acceptors (Lipinski definition) is 2. The van der Waals surface area contributed by atoms with Gasteiger partial charge in [0.1, 0.15) is 17.2 Å². The Morgan fingerprint density at radius 3 is 3.00 bits per heavy atom. The van der Waals surface area contributed by atoms with Crippen LogP contribution in [0.4, 0.5) is 8.78 Å². The first-order chi connectivity index (χ1) is 7.74. The van der Waals surface area contributed by atoms with Crippen LogP contribution in [0.3, 0.4) is 0 Å². The van der Waals surface area contributed by atoms with Crippen LogP contribution in [0.5, 0.6) is 0 Å². The first kappa shape index (κ1) is 10.1. The number of fused-ring (bicyclic) bond motifs is 1. The van der Waals surface area contributed by atoms with Gasteiger partial charge in [0.2, 0.25) is 0 Å². The van der Waals surface area contributed by atoms with Gasteiger partial charge in [0.15, 0.2) is 5.82 Å². The van der Waals surface area contributed by atoms with Gasteiger partial charge >= 0.3 is 0 Å². The minimum absolute atomic E-state index is 0.244. The molecule has 1 N–H and O–H groups in total. The molecule has 1 atom stereocenters. The number of thioether (sulfide) groups is 1. The van der Waals surface area contributed by atoms with Crippen LogP contribution in [0.2, 0.25) is 0 Å². The summed E-state index contributed by atoms with van der Waals surface area (Å²) in [4.78, 5) is 7.24. The van der Waals surface area contributed by atoms with Crippen LogP contribution in [0, 0.1) is 11.6 Å². The van der Waals surface area contributed by atoms with Crippen molar-refractivity contribution in [3.63, 3.8) is 0 Å². The highest BCUT2D eigenvalue weighted by atomic mass is 32.2. The van der Waals surface area contributed by atoms with Gasteiger partial charge in [0.05, 0.1) is 5.52 Å². The van der Waals surface area contributed by atoms with Crippen LogP contribution < -0.4 is 0 Å². The molecule has 0 saturated carbocycles. The van der Waals surface area contributed by atoms with E-state index in [9.17, 15) is 8.78 Å². The first-order valence-corrected chi connectivity index (χ1v) is 6.32. The smallest absolute Gasteiger partial charge is 0.153 e. The monoisotopic (exact) mass is 240 g/mol. The summed E-state index contributed by atoms with van der Waals surface area (Å²) in [7, 11) is 0. The Kier molecular flexibility index (Phi) is 2.35. The van der Waals surface area contributed by atoms with Crippen molar-refractivity contribution in [2.75, 3.05) is 11.5 Å². The molecule has 5 heteroatoms. The largest absolute Gasteiger partial charge is 0.342 e. The van der Waals surface area contributed by atoms with Gasteiger partial charge in [-0.2, -0.15) is 11.8 Å². The second-order valence-corrected chi connectivity index (χ2v) is 5.12. The zero-order valence-electron chi connectivity index (χ0n) is 8.46. The normalized spacial score (nSPS) is 20.8. The second-order valence-electron chi connectivity index (χ2n) is 3.97. The topological polar surface area (TPSA) is 28.7 Å². The minimum Gasteiger partial charge on any atom is -0.342 e. The van der Waals surface area contributed by atoms with Crippen LogP contribution in [0.25, 0.3) is 11.0 Å². The summed E-state index contributed by atoms with van der Waals surface area (Å²) in [6.45, 7) is 0. The van der Waals surface area contributed by atoms with E-state index in [1.165, 1.54) is 6.07 Å². The first-order valence-electron chi connectivity index (χ1n) is 5.16. The molecule has 0 amide bonds. The molecule has 1 unspecified atom stereocenters. The second kappa shape index (κ2) is 3.73. The van der Waals surface area contributed by atoms with Crippen LogP contribution >= 0.6 is 11.8 Å². The van der Waals surface area contributed by atoms with E-state index < -0.39 is 11.6 Å². The number of nitrogens with one attached hydrogen (secondary N) is 1. The molecule has 1 aromatic heterocycles. The van der Waals surface area contributed by atoms with Crippen molar-refractivity contribution in [2.24, 2.45) is 0 Å². The van der Waals surface area contributed by atoms with Crippen LogP contribution in [0.1, 0.15) is 18.2 Å². The molecule has 84 valence electrons. The average molecular weight is 240 g/mol. The Labute approximate surface area is 95.4 Å². The fourth-order valence-corrected chi connectivity index (χ4v) is 3.23. The maximum atomic E-state index is 13.4. The molecule has 0 bridgehead atoms. The van der Waals surface area contributed by atoms with E-state index in [1.807, 2.05) is 11.8 Å². The lowest BCUT2D eigenvalue weighted by Crippen LogP contribution is -1.98. The van der Waals surface area contributed by atoms with E-state index in [4.69, 9.17) is 0 Å². The van der Waals surface area contributed by atoms with Gasteiger partial charge < -0.3 is 4.98 Å². The standard InChI is InChI=1S/C11H10F2N2S/c12-7-3-8(13)10-9(4-7)14-11(15-10)6-1-2-16-5-6/h3-4,6H,1-2,5H2,(H,14,15). The van der Waals surface area contributed by atoms with Crippen molar-refractivity contribution in [1.82, 2.24) is 9.97 Å². The molecule has 2 aromatic rings. The van der Waals surface area contributed by atoms with Crippen LogP contribution in [-0.4, -0.2) is 21.5 Å². The number of halogens is 2. The van der Waals surface area contributed by atoms with Crippen molar-refractivity contribution in [2.45, 2.75) is 12.3 Å². The lowest BCUT2D eigenvalue weighted by atomic mass is 10.1. The number of aromatic amines is 1. The molecular formula is C11H10F2N2S. The van der Waals surface area contributed by atoms with Crippen molar-refractivity contribution in [3.8, 4) is 0 Å². The molecule has 2 heterocycles. The third-order valence-corrected chi connectivity index (χ3v) is 4.00. The Balaban J connectivity index is 2.11. The Morgan fingerprint density at radius 2 is 2.25 bits per heavy atom. The van der Waals surface area contributed by atoms with Gasteiger partial charge in [-0.3, -0.25) is 0 Å². The van der Waals surface area contributed by atoms with Crippen molar-refractivity contribution < 1.29 is 8.78 Å². The molecule has 0 spiro atoms. The predicted molar refractivity (Wildman–Crippen MR) is 60.7 cm³/mol. The third-order valence-electron chi connectivity index (χ3n) is 2.84. The number of H-pyrrole nitrogens is 1. The van der Waals surface area contributed by atoms with Gasteiger partial charge in [0, 0.05) is 17.7 Å². The highest BCUT2D eigenvalue weighted by Crippen LogP contribution is 2.32. The van der Waals surface area contributed by atoms with E-state index in [2.05, 4.69) is 9.97 Å². The van der Waals surface area contributed by atoms with Gasteiger partial charge in [-0.25, -0.2) is 13.8 Å². The Morgan fingerprint density at radius 1 is 1.38 bits per heavy atom. The number of nitrogens with zero attached hydrogens (tertiary/aromatic N) is 1. The molecule has 3 rings (SSSR count). The third kappa shape index (κ3) is 1.59. The summed E-state index contributed by atoms with van der Waals surface area (Å²) in [5.41, 5.74) is 0.692. The SMILES string of the molecule is Fc1cc(F)c2nc(C3CCSC3)[nH]c2c1. The quantitative estimate of drug-likeness (QED) is 0.829. The maximum absolute atomic E-state index is 13.4. The van der Waals surface area contributed by atoms with Gasteiger partial charge in [0.25, 0.3) is 0 Å². The molecule has 1 fully saturated rings. The van der Waals surface area contributed by atoms with Crippen LogP contribution in [-0.2, 0) is 0 Å². The maximum Gasteiger partial charge on any atom is 0.153 e. The van der Waals surface area contributed by atoms with E-state index in [-0.39, 0.29) is 5.52 Å². The van der Waals surface area contributed by atoms with E-state index >= 15 is 0 Å². The van der Waals surface area contributed by atoms with Gasteiger partial charge in [-0.15, -0.1) is 0 Å². The number of hydrogen-bond donors (Lipinski definition) is 1. The highest BCUT2D eigenvalue weighted by molar-refractivity contribution is 7.99. The molecule has 1 aromatic carbocycles. The number of benzene rings is 1. The van der Waals surface area contributed by atoms with E-state index in [0.717, 1.165) is 29.8 Å². The van der Waals surface area contributed by atoms with Crippen molar-refractivity contribution in [1.29, 1.82) is 0 Å². The Bertz CT molecular complexity index is 532. The summed E-state index contributed by atoms with van der Waals surface area (Å²) in [6, 6.07) is 2.16. The van der Waals surface area contributed by atoms with E-state index in [1.54, 1.807) is 0 Å². The molecule has 2 nitrogen and oxygen atoms in total. The number of aromatic nitrogens is 2. The molecule has 0 radical (unpaired) electrons. The average Bonchev–Trinajstić information content (AvgIpc) is 2.82. The molecule has 1 aliphatic rings. The summed E-state index contributed by atoms with van der Waals surface area (Å²) >= 11 is 1.87. The fourth-order valence-electron chi connectivity index (χ4n) is 2.00. The number of rotatable bonds is 1. The molecule has 1 saturated heterocycles. The Hall–Kier alpha value is -1.10. The van der Waals surface area contributed by atoms with Crippen molar-refractivity contribution in [3.05, 3.63) is 29.6 Å². The van der Waals surface area contributed by atoms with E-state index in [0.29, 0.717) is 11.4 Å². The zero-order valence-corrected chi connectivity index (χ0v) is 9.28. The predicted octanol–water partition coefficient (Wildman–Crippen LogP) is 3.06. The molecule has 0 aliphatic carbocycles. The summed E-state index contributed by atoms with van der Waals surface area (Å²) in [5.74, 6) is 2.08. The van der Waals surface area contributed by atoms with Crippen molar-refractivity contribution >= 4 is 22.8 Å². The lowest BCUT2D eigenvalue weighted by molar-refractivity contribution is 0.590. The summed E-state index contributed by atoms with van der Waals surface area (Å²) in [6.07, 6.45) is 1.05. The molecular weight excluding hydrogens is 230 g/mol. The van der Waals surface area contributed by atoms with Gasteiger partial charge in [-0.1, -0.05) is 0 Å². The highest BCUT2D eigenvalue weighted by Gasteiger charge is 2.21. The summed E-state index contributed by atoms with van der Waals surface area (Å²) < 4.78 is 26.4. The van der Waals surface area contributed by atoms with Gasteiger partial charge in [-0.05, 0) is 18.2 Å². The molecule has 1 aliphatic heterocycles. The number of imidazole rings is 1. The lowest BCUT2D eigenvalue weighted by Gasteiger charge is -2.01.